The minimum atomic E-state index is -0.406. The second-order valence-corrected chi connectivity index (χ2v) is 7.41. The molecular weight excluding hydrogens is 252 g/mol. The van der Waals surface area contributed by atoms with Gasteiger partial charge in [-0.2, -0.15) is 0 Å². The number of carbonyl (C=O) groups excluding carboxylic acids is 1. The highest BCUT2D eigenvalue weighted by atomic mass is 16.5. The molecule has 0 saturated heterocycles. The zero-order chi connectivity index (χ0) is 15.0. The minimum Gasteiger partial charge on any atom is -0.385 e. The molecule has 0 radical (unpaired) electrons. The van der Waals surface area contributed by atoms with Gasteiger partial charge in [-0.15, -0.1) is 0 Å². The molecular formula is C16H30N2O2. The number of hydrogen-bond acceptors (Lipinski definition) is 3. The van der Waals surface area contributed by atoms with Crippen molar-refractivity contribution in [1.82, 2.24) is 5.32 Å². The van der Waals surface area contributed by atoms with E-state index >= 15 is 0 Å². The third kappa shape index (κ3) is 2.48. The maximum absolute atomic E-state index is 12.2. The fourth-order valence-electron chi connectivity index (χ4n) is 4.28. The Morgan fingerprint density at radius 2 is 2.15 bits per heavy atom. The first-order valence-corrected chi connectivity index (χ1v) is 7.88. The second-order valence-electron chi connectivity index (χ2n) is 7.41. The number of nitrogens with one attached hydrogen (secondary N) is 1. The number of carbonyl (C=O) groups is 1. The SMILES string of the molecule is COCCCC(N)C(=O)NC1CC2CCC1(C)C2(C)C. The third-order valence-corrected chi connectivity index (χ3v) is 6.31. The number of amides is 1. The Kier molecular flexibility index (Phi) is 4.45. The molecule has 4 unspecified atom stereocenters. The van der Waals surface area contributed by atoms with E-state index in [-0.39, 0.29) is 17.4 Å². The molecule has 4 atom stereocenters. The molecule has 2 rings (SSSR count). The van der Waals surface area contributed by atoms with Crippen molar-refractivity contribution in [3.8, 4) is 0 Å². The Bertz CT molecular complexity index is 369. The van der Waals surface area contributed by atoms with E-state index in [1.165, 1.54) is 12.8 Å². The van der Waals surface area contributed by atoms with E-state index in [4.69, 9.17) is 10.5 Å². The van der Waals surface area contributed by atoms with Crippen molar-refractivity contribution in [3.05, 3.63) is 0 Å². The Morgan fingerprint density at radius 3 is 2.65 bits per heavy atom. The van der Waals surface area contributed by atoms with E-state index in [9.17, 15) is 4.79 Å². The first-order valence-electron chi connectivity index (χ1n) is 7.88. The Hall–Kier alpha value is -0.610. The van der Waals surface area contributed by atoms with Crippen LogP contribution in [-0.2, 0) is 9.53 Å². The van der Waals surface area contributed by atoms with Gasteiger partial charge in [0.25, 0.3) is 0 Å². The van der Waals surface area contributed by atoms with Gasteiger partial charge < -0.3 is 15.8 Å². The topological polar surface area (TPSA) is 64.3 Å². The summed E-state index contributed by atoms with van der Waals surface area (Å²) in [5.74, 6) is 0.748. The lowest BCUT2D eigenvalue weighted by Gasteiger charge is -2.39. The number of methoxy groups -OCH3 is 1. The number of ether oxygens (including phenoxy) is 1. The van der Waals surface area contributed by atoms with Crippen LogP contribution in [0.4, 0.5) is 0 Å². The summed E-state index contributed by atoms with van der Waals surface area (Å²) in [5, 5.41) is 3.23. The fourth-order valence-corrected chi connectivity index (χ4v) is 4.28. The smallest absolute Gasteiger partial charge is 0.237 e. The molecule has 2 saturated carbocycles. The molecule has 1 amide bonds. The molecule has 0 aromatic rings. The van der Waals surface area contributed by atoms with E-state index in [1.807, 2.05) is 0 Å². The van der Waals surface area contributed by atoms with Crippen LogP contribution in [0.3, 0.4) is 0 Å². The molecule has 20 heavy (non-hydrogen) atoms. The van der Waals surface area contributed by atoms with Crippen molar-refractivity contribution >= 4 is 5.91 Å². The van der Waals surface area contributed by atoms with Gasteiger partial charge in [-0.05, 0) is 48.9 Å². The molecule has 4 heteroatoms. The summed E-state index contributed by atoms with van der Waals surface area (Å²) in [4.78, 5) is 12.2. The van der Waals surface area contributed by atoms with Crippen molar-refractivity contribution in [1.29, 1.82) is 0 Å². The van der Waals surface area contributed by atoms with Crippen LogP contribution in [0.1, 0.15) is 52.9 Å². The number of fused-ring (bicyclic) bond motifs is 2. The van der Waals surface area contributed by atoms with Gasteiger partial charge in [0.2, 0.25) is 5.91 Å². The quantitative estimate of drug-likeness (QED) is 0.733. The van der Waals surface area contributed by atoms with Crippen LogP contribution in [0, 0.1) is 16.7 Å². The van der Waals surface area contributed by atoms with E-state index in [0.717, 1.165) is 18.8 Å². The van der Waals surface area contributed by atoms with E-state index in [2.05, 4.69) is 26.1 Å². The standard InChI is InChI=1S/C16H30N2O2/c1-15(2)11-7-8-16(15,3)13(10-11)18-14(19)12(17)6-5-9-20-4/h11-13H,5-10,17H2,1-4H3,(H,18,19). The number of nitrogens with two attached hydrogens (primary N) is 1. The summed E-state index contributed by atoms with van der Waals surface area (Å²) in [6, 6.07) is -0.117. The van der Waals surface area contributed by atoms with Crippen molar-refractivity contribution in [3.63, 3.8) is 0 Å². The zero-order valence-electron chi connectivity index (χ0n) is 13.4. The predicted molar refractivity (Wildman–Crippen MR) is 80.2 cm³/mol. The zero-order valence-corrected chi connectivity index (χ0v) is 13.4. The summed E-state index contributed by atoms with van der Waals surface area (Å²) in [5.41, 5.74) is 6.52. The monoisotopic (exact) mass is 282 g/mol. The molecule has 2 aliphatic carbocycles. The van der Waals surface area contributed by atoms with Crippen LogP contribution in [-0.4, -0.2) is 31.7 Å². The molecule has 3 N–H and O–H groups in total. The van der Waals surface area contributed by atoms with Crippen molar-refractivity contribution in [2.24, 2.45) is 22.5 Å². The fraction of sp³-hybridized carbons (Fsp3) is 0.938. The molecule has 2 bridgehead atoms. The molecule has 0 aromatic carbocycles. The first-order chi connectivity index (χ1) is 9.33. The van der Waals surface area contributed by atoms with Crippen LogP contribution in [0.5, 0.6) is 0 Å². The second kappa shape index (κ2) is 5.64. The van der Waals surface area contributed by atoms with Crippen molar-refractivity contribution in [2.75, 3.05) is 13.7 Å². The summed E-state index contributed by atoms with van der Waals surface area (Å²) in [7, 11) is 1.67. The summed E-state index contributed by atoms with van der Waals surface area (Å²) in [6.07, 6.45) is 5.15. The molecule has 116 valence electrons. The predicted octanol–water partition coefficient (Wildman–Crippen LogP) is 2.07. The highest BCUT2D eigenvalue weighted by Gasteiger charge is 2.61. The lowest BCUT2D eigenvalue weighted by molar-refractivity contribution is -0.124. The maximum Gasteiger partial charge on any atom is 0.237 e. The largest absolute Gasteiger partial charge is 0.385 e. The number of hydrogen-bond donors (Lipinski definition) is 2. The highest BCUT2D eigenvalue weighted by Crippen LogP contribution is 2.65. The van der Waals surface area contributed by atoms with Gasteiger partial charge in [-0.1, -0.05) is 20.8 Å². The van der Waals surface area contributed by atoms with Crippen LogP contribution in [0.15, 0.2) is 0 Å². The van der Waals surface area contributed by atoms with E-state index < -0.39 is 6.04 Å². The van der Waals surface area contributed by atoms with Gasteiger partial charge in [0.05, 0.1) is 6.04 Å². The normalized spacial score (nSPS) is 36.0. The Balaban J connectivity index is 1.90. The average Bonchev–Trinajstić information content (AvgIpc) is 2.72. The molecule has 4 nitrogen and oxygen atoms in total. The van der Waals surface area contributed by atoms with Gasteiger partial charge in [0.1, 0.15) is 0 Å². The average molecular weight is 282 g/mol. The first kappa shape index (κ1) is 15.8. The van der Waals surface area contributed by atoms with E-state index in [1.54, 1.807) is 7.11 Å². The van der Waals surface area contributed by atoms with Crippen LogP contribution in [0.25, 0.3) is 0 Å². The minimum absolute atomic E-state index is 0.00989. The van der Waals surface area contributed by atoms with Gasteiger partial charge in [0.15, 0.2) is 0 Å². The number of rotatable bonds is 6. The van der Waals surface area contributed by atoms with Gasteiger partial charge >= 0.3 is 0 Å². The molecule has 2 fully saturated rings. The molecule has 2 aliphatic rings. The van der Waals surface area contributed by atoms with Gasteiger partial charge in [0, 0.05) is 19.8 Å². The summed E-state index contributed by atoms with van der Waals surface area (Å²) in [6.45, 7) is 7.71. The lowest BCUT2D eigenvalue weighted by atomic mass is 9.69. The lowest BCUT2D eigenvalue weighted by Crippen LogP contribution is -2.51. The molecule has 0 aromatic heterocycles. The van der Waals surface area contributed by atoms with Crippen LogP contribution in [0.2, 0.25) is 0 Å². The molecule has 0 heterocycles. The molecule has 0 spiro atoms. The Labute approximate surface area is 122 Å². The highest BCUT2D eigenvalue weighted by molar-refractivity contribution is 5.81. The van der Waals surface area contributed by atoms with Crippen LogP contribution < -0.4 is 11.1 Å². The van der Waals surface area contributed by atoms with Crippen LogP contribution >= 0.6 is 0 Å². The van der Waals surface area contributed by atoms with Gasteiger partial charge in [-0.3, -0.25) is 4.79 Å². The van der Waals surface area contributed by atoms with Crippen molar-refractivity contribution in [2.45, 2.75) is 65.0 Å². The van der Waals surface area contributed by atoms with Gasteiger partial charge in [-0.25, -0.2) is 0 Å². The maximum atomic E-state index is 12.2. The van der Waals surface area contributed by atoms with E-state index in [0.29, 0.717) is 18.4 Å². The summed E-state index contributed by atoms with van der Waals surface area (Å²) >= 11 is 0. The summed E-state index contributed by atoms with van der Waals surface area (Å²) < 4.78 is 5.00. The Morgan fingerprint density at radius 1 is 1.45 bits per heavy atom. The third-order valence-electron chi connectivity index (χ3n) is 6.31. The van der Waals surface area contributed by atoms with Crippen molar-refractivity contribution < 1.29 is 9.53 Å². The molecule has 0 aliphatic heterocycles.